The van der Waals surface area contributed by atoms with E-state index in [0.29, 0.717) is 25.8 Å². The molecule has 3 unspecified atom stereocenters. The number of rotatable bonds is 8. The Morgan fingerprint density at radius 2 is 2.00 bits per heavy atom. The zero-order valence-corrected chi connectivity index (χ0v) is 17.0. The van der Waals surface area contributed by atoms with Gasteiger partial charge < -0.3 is 9.84 Å². The van der Waals surface area contributed by atoms with Crippen LogP contribution in [-0.4, -0.2) is 70.2 Å². The number of nitrogens with zero attached hydrogens (tertiary/aromatic N) is 2. The van der Waals surface area contributed by atoms with Crippen LogP contribution in [-0.2, 0) is 30.3 Å². The first-order valence-corrected chi connectivity index (χ1v) is 10.2. The molecule has 0 spiro atoms. The second kappa shape index (κ2) is 9.71. The molecule has 2 heterocycles. The first-order valence-electron chi connectivity index (χ1n) is 10.2. The van der Waals surface area contributed by atoms with Crippen molar-refractivity contribution in [1.29, 1.82) is 0 Å². The fourth-order valence-corrected chi connectivity index (χ4v) is 3.95. The molecule has 162 valence electrons. The van der Waals surface area contributed by atoms with Gasteiger partial charge in [-0.2, -0.15) is 0 Å². The largest absolute Gasteiger partial charge is 0.480 e. The maximum Gasteiger partial charge on any atom is 0.328 e. The monoisotopic (exact) mass is 417 g/mol. The Morgan fingerprint density at radius 3 is 2.67 bits per heavy atom. The molecule has 0 radical (unpaired) electrons. The van der Waals surface area contributed by atoms with Gasteiger partial charge in [-0.3, -0.25) is 24.7 Å². The van der Waals surface area contributed by atoms with Gasteiger partial charge in [0.15, 0.2) is 6.04 Å². The Kier molecular flexibility index (Phi) is 7.04. The number of carboxylic acids is 1. The number of benzene rings is 1. The van der Waals surface area contributed by atoms with Gasteiger partial charge in [0.05, 0.1) is 19.1 Å². The van der Waals surface area contributed by atoms with E-state index in [1.807, 2.05) is 30.3 Å². The van der Waals surface area contributed by atoms with Crippen molar-refractivity contribution in [2.24, 2.45) is 0 Å². The highest BCUT2D eigenvalue weighted by Gasteiger charge is 2.47. The summed E-state index contributed by atoms with van der Waals surface area (Å²) in [5, 5.41) is 14.7. The van der Waals surface area contributed by atoms with E-state index in [0.717, 1.165) is 10.6 Å². The molecule has 2 N–H and O–H groups in total. The molecular formula is C21H27N3O6. The van der Waals surface area contributed by atoms with Crippen molar-refractivity contribution in [1.82, 2.24) is 15.3 Å². The van der Waals surface area contributed by atoms with Gasteiger partial charge in [0, 0.05) is 6.54 Å². The molecule has 1 aromatic carbocycles. The molecule has 0 aliphatic carbocycles. The van der Waals surface area contributed by atoms with Gasteiger partial charge in [-0.1, -0.05) is 30.3 Å². The van der Waals surface area contributed by atoms with Crippen molar-refractivity contribution < 1.29 is 29.0 Å². The molecule has 1 aromatic rings. The third kappa shape index (κ3) is 4.79. The van der Waals surface area contributed by atoms with Crippen molar-refractivity contribution in [2.75, 3.05) is 13.2 Å². The first-order chi connectivity index (χ1) is 14.4. The predicted molar refractivity (Wildman–Crippen MR) is 106 cm³/mol. The molecule has 2 saturated heterocycles. The standard InChI is InChI=1S/C21H27N3O6/c1-2-30-21(29)15(11-10-14-7-4-3-5-8-14)22-16-13-18(25)23-12-6-9-17(20(27)28)24(23)19(16)26/h3-5,7-8,15-17,22H,2,6,9-13H2,1H3,(H,27,28). The second-order valence-electron chi connectivity index (χ2n) is 7.45. The molecule has 2 aliphatic rings. The van der Waals surface area contributed by atoms with Crippen molar-refractivity contribution in [3.63, 3.8) is 0 Å². The van der Waals surface area contributed by atoms with Crippen molar-refractivity contribution in [3.05, 3.63) is 35.9 Å². The number of hydrazine groups is 1. The molecule has 3 atom stereocenters. The predicted octanol–water partition coefficient (Wildman–Crippen LogP) is 0.732. The summed E-state index contributed by atoms with van der Waals surface area (Å²) >= 11 is 0. The van der Waals surface area contributed by atoms with Gasteiger partial charge in [-0.05, 0) is 38.2 Å². The quantitative estimate of drug-likeness (QED) is 0.599. The molecule has 3 rings (SSSR count). The number of esters is 1. The maximum absolute atomic E-state index is 13.1. The summed E-state index contributed by atoms with van der Waals surface area (Å²) in [6.07, 6.45) is 1.65. The lowest BCUT2D eigenvalue weighted by molar-refractivity contribution is -0.190. The summed E-state index contributed by atoms with van der Waals surface area (Å²) in [4.78, 5) is 49.8. The van der Waals surface area contributed by atoms with E-state index in [9.17, 15) is 24.3 Å². The highest BCUT2D eigenvalue weighted by atomic mass is 16.5. The zero-order valence-electron chi connectivity index (χ0n) is 17.0. The highest BCUT2D eigenvalue weighted by Crippen LogP contribution is 2.25. The summed E-state index contributed by atoms with van der Waals surface area (Å²) in [6.45, 7) is 2.21. The van der Waals surface area contributed by atoms with Gasteiger partial charge in [-0.25, -0.2) is 9.80 Å². The number of nitrogens with one attached hydrogen (secondary N) is 1. The van der Waals surface area contributed by atoms with Crippen LogP contribution in [0.4, 0.5) is 0 Å². The average Bonchev–Trinajstić information content (AvgIpc) is 2.74. The molecule has 2 amide bonds. The summed E-state index contributed by atoms with van der Waals surface area (Å²) in [7, 11) is 0. The number of carbonyl (C=O) groups excluding carboxylic acids is 3. The van der Waals surface area contributed by atoms with E-state index in [4.69, 9.17) is 4.74 Å². The summed E-state index contributed by atoms with van der Waals surface area (Å²) < 4.78 is 5.15. The number of hydrogen-bond acceptors (Lipinski definition) is 6. The topological polar surface area (TPSA) is 116 Å². The van der Waals surface area contributed by atoms with Crippen LogP contribution in [0.2, 0.25) is 0 Å². The van der Waals surface area contributed by atoms with E-state index in [1.165, 1.54) is 5.01 Å². The van der Waals surface area contributed by atoms with Gasteiger partial charge in [0.1, 0.15) is 6.04 Å². The molecule has 0 aromatic heterocycles. The molecule has 0 saturated carbocycles. The lowest BCUT2D eigenvalue weighted by Crippen LogP contribution is -2.69. The van der Waals surface area contributed by atoms with E-state index < -0.39 is 36.0 Å². The average molecular weight is 417 g/mol. The smallest absolute Gasteiger partial charge is 0.328 e. The third-order valence-corrected chi connectivity index (χ3v) is 5.42. The van der Waals surface area contributed by atoms with Crippen LogP contribution in [0.5, 0.6) is 0 Å². The van der Waals surface area contributed by atoms with Crippen molar-refractivity contribution in [2.45, 2.75) is 57.2 Å². The van der Waals surface area contributed by atoms with Crippen LogP contribution in [0.15, 0.2) is 30.3 Å². The number of aliphatic carboxylic acids is 1. The molecule has 9 nitrogen and oxygen atoms in total. The molecule has 2 aliphatic heterocycles. The molecular weight excluding hydrogens is 390 g/mol. The normalized spacial score (nSPS) is 22.4. The van der Waals surface area contributed by atoms with Crippen LogP contribution in [0.25, 0.3) is 0 Å². The highest BCUT2D eigenvalue weighted by molar-refractivity contribution is 5.96. The number of carbonyl (C=O) groups is 4. The number of amides is 2. The summed E-state index contributed by atoms with van der Waals surface area (Å²) in [6, 6.07) is 6.77. The van der Waals surface area contributed by atoms with E-state index >= 15 is 0 Å². The Hall–Kier alpha value is -2.94. The van der Waals surface area contributed by atoms with Crippen molar-refractivity contribution >= 4 is 23.8 Å². The Morgan fingerprint density at radius 1 is 1.27 bits per heavy atom. The number of aryl methyl sites for hydroxylation is 1. The minimum Gasteiger partial charge on any atom is -0.480 e. The Bertz CT molecular complexity index is 793. The molecule has 30 heavy (non-hydrogen) atoms. The van der Waals surface area contributed by atoms with Crippen LogP contribution in [0.3, 0.4) is 0 Å². The zero-order chi connectivity index (χ0) is 21.7. The van der Waals surface area contributed by atoms with Gasteiger partial charge in [-0.15, -0.1) is 0 Å². The minimum absolute atomic E-state index is 0.122. The van der Waals surface area contributed by atoms with Crippen LogP contribution in [0, 0.1) is 0 Å². The van der Waals surface area contributed by atoms with Crippen LogP contribution < -0.4 is 5.32 Å². The Labute approximate surface area is 174 Å². The lowest BCUT2D eigenvalue weighted by Gasteiger charge is -2.47. The molecule has 0 bridgehead atoms. The first kappa shape index (κ1) is 21.8. The maximum atomic E-state index is 13.1. The van der Waals surface area contributed by atoms with Gasteiger partial charge in [0.2, 0.25) is 5.91 Å². The van der Waals surface area contributed by atoms with Crippen LogP contribution in [0.1, 0.15) is 38.2 Å². The number of carboxylic acid groups (broad SMARTS) is 1. The van der Waals surface area contributed by atoms with Gasteiger partial charge in [0.25, 0.3) is 5.91 Å². The van der Waals surface area contributed by atoms with E-state index in [1.54, 1.807) is 6.92 Å². The number of ether oxygens (including phenoxy) is 1. The van der Waals surface area contributed by atoms with E-state index in [2.05, 4.69) is 5.32 Å². The summed E-state index contributed by atoms with van der Waals surface area (Å²) in [5.41, 5.74) is 1.03. The minimum atomic E-state index is -1.15. The Balaban J connectivity index is 1.75. The summed E-state index contributed by atoms with van der Waals surface area (Å²) in [5.74, 6) is -2.48. The molecule has 2 fully saturated rings. The number of hydrogen-bond donors (Lipinski definition) is 2. The molecule has 9 heteroatoms. The van der Waals surface area contributed by atoms with Crippen LogP contribution >= 0.6 is 0 Å². The fourth-order valence-electron chi connectivity index (χ4n) is 3.95. The number of fused-ring (bicyclic) bond motifs is 1. The van der Waals surface area contributed by atoms with Gasteiger partial charge >= 0.3 is 11.9 Å². The third-order valence-electron chi connectivity index (χ3n) is 5.42. The lowest BCUT2D eigenvalue weighted by atomic mass is 9.99. The SMILES string of the molecule is CCOC(=O)C(CCc1ccccc1)NC1CC(=O)N2CCCC(C(=O)O)N2C1=O. The van der Waals surface area contributed by atoms with E-state index in [-0.39, 0.29) is 25.4 Å². The fraction of sp³-hybridized carbons (Fsp3) is 0.524. The second-order valence-corrected chi connectivity index (χ2v) is 7.45. The van der Waals surface area contributed by atoms with Crippen molar-refractivity contribution in [3.8, 4) is 0 Å².